The van der Waals surface area contributed by atoms with Gasteiger partial charge in [-0.3, -0.25) is 4.98 Å². The highest BCUT2D eigenvalue weighted by molar-refractivity contribution is 8.00. The molecule has 1 fully saturated rings. The molecule has 1 aliphatic heterocycles. The number of pyridine rings is 1. The Hall–Kier alpha value is -0.540. The first kappa shape index (κ1) is 11.0. The van der Waals surface area contributed by atoms with Gasteiger partial charge in [-0.15, -0.1) is 0 Å². The number of thioether (sulfide) groups is 1. The van der Waals surface area contributed by atoms with Crippen LogP contribution in [0.5, 0.6) is 0 Å². The van der Waals surface area contributed by atoms with E-state index >= 15 is 0 Å². The van der Waals surface area contributed by atoms with Gasteiger partial charge in [-0.25, -0.2) is 0 Å². The van der Waals surface area contributed by atoms with Gasteiger partial charge in [0.1, 0.15) is 0 Å². The monoisotopic (exact) mass is 222 g/mol. The fourth-order valence-corrected chi connectivity index (χ4v) is 3.07. The summed E-state index contributed by atoms with van der Waals surface area (Å²) >= 11 is 2.11. The van der Waals surface area contributed by atoms with Crippen LogP contribution < -0.4 is 5.32 Å². The molecule has 82 valence electrons. The molecule has 1 atom stereocenters. The van der Waals surface area contributed by atoms with Crippen molar-refractivity contribution in [3.8, 4) is 0 Å². The van der Waals surface area contributed by atoms with E-state index in [1.165, 1.54) is 24.3 Å². The minimum Gasteiger partial charge on any atom is -0.315 e. The molecule has 1 unspecified atom stereocenters. The standard InChI is InChI=1S/C12H18N2S/c1-2-7-14-11(4-1)6-8-13-10-12-5-3-9-15-12/h1-2,4,7,12-13H,3,5-6,8-10H2. The predicted molar refractivity (Wildman–Crippen MR) is 66.3 cm³/mol. The van der Waals surface area contributed by atoms with E-state index in [0.29, 0.717) is 0 Å². The molecule has 2 rings (SSSR count). The highest BCUT2D eigenvalue weighted by Crippen LogP contribution is 2.25. The second-order valence-electron chi connectivity index (χ2n) is 3.91. The van der Waals surface area contributed by atoms with Crippen LogP contribution in [0.2, 0.25) is 0 Å². The lowest BCUT2D eigenvalue weighted by molar-refractivity contribution is 0.640. The van der Waals surface area contributed by atoms with Gasteiger partial charge in [0.25, 0.3) is 0 Å². The molecule has 3 heteroatoms. The van der Waals surface area contributed by atoms with Crippen LogP contribution in [0.15, 0.2) is 24.4 Å². The Morgan fingerprint density at radius 3 is 3.20 bits per heavy atom. The van der Waals surface area contributed by atoms with Gasteiger partial charge >= 0.3 is 0 Å². The minimum absolute atomic E-state index is 0.855. The van der Waals surface area contributed by atoms with E-state index in [2.05, 4.69) is 34.2 Å². The van der Waals surface area contributed by atoms with Gasteiger partial charge in [-0.2, -0.15) is 11.8 Å². The maximum absolute atomic E-state index is 4.30. The topological polar surface area (TPSA) is 24.9 Å². The van der Waals surface area contributed by atoms with Gasteiger partial charge in [0.05, 0.1) is 0 Å². The van der Waals surface area contributed by atoms with Gasteiger partial charge in [-0.05, 0) is 30.7 Å². The summed E-state index contributed by atoms with van der Waals surface area (Å²) in [5.74, 6) is 1.35. The minimum atomic E-state index is 0.855. The van der Waals surface area contributed by atoms with Crippen molar-refractivity contribution in [3.05, 3.63) is 30.1 Å². The Kier molecular flexibility index (Phi) is 4.48. The van der Waals surface area contributed by atoms with Gasteiger partial charge < -0.3 is 5.32 Å². The largest absolute Gasteiger partial charge is 0.315 e. The first-order valence-corrected chi connectivity index (χ1v) is 6.72. The number of nitrogens with zero attached hydrogens (tertiary/aromatic N) is 1. The SMILES string of the molecule is c1ccc(CCNCC2CCCS2)nc1. The van der Waals surface area contributed by atoms with Crippen molar-refractivity contribution >= 4 is 11.8 Å². The molecule has 0 radical (unpaired) electrons. The van der Waals surface area contributed by atoms with Crippen molar-refractivity contribution in [1.82, 2.24) is 10.3 Å². The van der Waals surface area contributed by atoms with Crippen LogP contribution in [0.4, 0.5) is 0 Å². The van der Waals surface area contributed by atoms with Crippen LogP contribution in [0.1, 0.15) is 18.5 Å². The van der Waals surface area contributed by atoms with Crippen molar-refractivity contribution < 1.29 is 0 Å². The lowest BCUT2D eigenvalue weighted by Gasteiger charge is -2.09. The molecule has 0 aliphatic carbocycles. The first-order chi connectivity index (χ1) is 7.45. The fourth-order valence-electron chi connectivity index (χ4n) is 1.83. The Labute approximate surface area is 95.9 Å². The third-order valence-corrected chi connectivity index (χ3v) is 4.08. The smallest absolute Gasteiger partial charge is 0.0416 e. The number of rotatable bonds is 5. The molecule has 1 aliphatic rings. The molecular formula is C12H18N2S. The molecule has 1 aromatic heterocycles. The molecule has 0 amide bonds. The van der Waals surface area contributed by atoms with Crippen molar-refractivity contribution in [2.45, 2.75) is 24.5 Å². The summed E-state index contributed by atoms with van der Waals surface area (Å²) in [5, 5.41) is 4.37. The van der Waals surface area contributed by atoms with Crippen molar-refractivity contribution in [3.63, 3.8) is 0 Å². The van der Waals surface area contributed by atoms with E-state index in [9.17, 15) is 0 Å². The van der Waals surface area contributed by atoms with Gasteiger partial charge in [0, 0.05) is 36.7 Å². The molecule has 0 aromatic carbocycles. The van der Waals surface area contributed by atoms with Crippen LogP contribution in [0.25, 0.3) is 0 Å². The average Bonchev–Trinajstić information content (AvgIpc) is 2.79. The Bertz CT molecular complexity index is 270. The maximum atomic E-state index is 4.30. The summed E-state index contributed by atoms with van der Waals surface area (Å²) in [6, 6.07) is 6.10. The molecule has 0 spiro atoms. The van der Waals surface area contributed by atoms with E-state index in [4.69, 9.17) is 0 Å². The van der Waals surface area contributed by atoms with Crippen molar-refractivity contribution in [2.24, 2.45) is 0 Å². The van der Waals surface area contributed by atoms with Crippen LogP contribution >= 0.6 is 11.8 Å². The third kappa shape index (κ3) is 3.84. The van der Waals surface area contributed by atoms with Crippen LogP contribution in [-0.4, -0.2) is 29.1 Å². The fraction of sp³-hybridized carbons (Fsp3) is 0.583. The summed E-state index contributed by atoms with van der Waals surface area (Å²) in [7, 11) is 0. The zero-order valence-corrected chi connectivity index (χ0v) is 9.80. The second-order valence-corrected chi connectivity index (χ2v) is 5.32. The number of aromatic nitrogens is 1. The predicted octanol–water partition coefficient (Wildman–Crippen LogP) is 2.11. The summed E-state index contributed by atoms with van der Waals surface area (Å²) in [5.41, 5.74) is 1.18. The number of hydrogen-bond donors (Lipinski definition) is 1. The lowest BCUT2D eigenvalue weighted by atomic mass is 10.2. The number of nitrogens with one attached hydrogen (secondary N) is 1. The quantitative estimate of drug-likeness (QED) is 0.772. The molecule has 2 heterocycles. The number of hydrogen-bond acceptors (Lipinski definition) is 3. The van der Waals surface area contributed by atoms with Gasteiger partial charge in [0.15, 0.2) is 0 Å². The van der Waals surface area contributed by atoms with Crippen LogP contribution in [-0.2, 0) is 6.42 Å². The normalized spacial score (nSPS) is 20.7. The third-order valence-electron chi connectivity index (χ3n) is 2.68. The summed E-state index contributed by atoms with van der Waals surface area (Å²) < 4.78 is 0. The average molecular weight is 222 g/mol. The van der Waals surface area contributed by atoms with E-state index in [1.54, 1.807) is 0 Å². The van der Waals surface area contributed by atoms with Gasteiger partial charge in [0.2, 0.25) is 0 Å². The Morgan fingerprint density at radius 2 is 2.47 bits per heavy atom. The Morgan fingerprint density at radius 1 is 1.47 bits per heavy atom. The summed E-state index contributed by atoms with van der Waals surface area (Å²) in [6.07, 6.45) is 5.69. The lowest BCUT2D eigenvalue weighted by Crippen LogP contribution is -2.25. The first-order valence-electron chi connectivity index (χ1n) is 5.67. The highest BCUT2D eigenvalue weighted by atomic mass is 32.2. The maximum Gasteiger partial charge on any atom is 0.0416 e. The highest BCUT2D eigenvalue weighted by Gasteiger charge is 2.14. The van der Waals surface area contributed by atoms with E-state index < -0.39 is 0 Å². The van der Waals surface area contributed by atoms with Crippen LogP contribution in [0, 0.1) is 0 Å². The molecule has 1 aromatic rings. The molecule has 1 saturated heterocycles. The summed E-state index contributed by atoms with van der Waals surface area (Å²) in [6.45, 7) is 2.21. The molecule has 2 nitrogen and oxygen atoms in total. The van der Waals surface area contributed by atoms with E-state index in [-0.39, 0.29) is 0 Å². The second kappa shape index (κ2) is 6.13. The Balaban J connectivity index is 1.59. The van der Waals surface area contributed by atoms with Gasteiger partial charge in [-0.1, -0.05) is 6.07 Å². The van der Waals surface area contributed by atoms with E-state index in [0.717, 1.165) is 24.8 Å². The van der Waals surface area contributed by atoms with Crippen molar-refractivity contribution in [2.75, 3.05) is 18.8 Å². The van der Waals surface area contributed by atoms with Crippen LogP contribution in [0.3, 0.4) is 0 Å². The molecule has 15 heavy (non-hydrogen) atoms. The zero-order valence-electron chi connectivity index (χ0n) is 8.98. The zero-order chi connectivity index (χ0) is 10.3. The molecular weight excluding hydrogens is 204 g/mol. The molecule has 1 N–H and O–H groups in total. The summed E-state index contributed by atoms with van der Waals surface area (Å²) in [4.78, 5) is 4.30. The van der Waals surface area contributed by atoms with Crippen molar-refractivity contribution in [1.29, 1.82) is 0 Å². The van der Waals surface area contributed by atoms with E-state index in [1.807, 2.05) is 12.3 Å². The molecule has 0 bridgehead atoms. The molecule has 0 saturated carbocycles.